The first kappa shape index (κ1) is 20.6. The summed E-state index contributed by atoms with van der Waals surface area (Å²) in [6, 6.07) is 6.25. The lowest BCUT2D eigenvalue weighted by Crippen LogP contribution is -2.44. The van der Waals surface area contributed by atoms with Gasteiger partial charge in [-0.25, -0.2) is 13.2 Å². The molecule has 2 aliphatic rings. The molecule has 2 amide bonds. The van der Waals surface area contributed by atoms with Crippen LogP contribution in [0.2, 0.25) is 0 Å². The molecule has 2 aliphatic heterocycles. The number of rotatable bonds is 5. The molecule has 0 unspecified atom stereocenters. The third-order valence-corrected chi connectivity index (χ3v) is 7.06. The van der Waals surface area contributed by atoms with Gasteiger partial charge >= 0.3 is 6.09 Å². The summed E-state index contributed by atoms with van der Waals surface area (Å²) in [5.74, 6) is -0.490. The van der Waals surface area contributed by atoms with Crippen molar-refractivity contribution in [2.24, 2.45) is 5.92 Å². The lowest BCUT2D eigenvalue weighted by Gasteiger charge is -2.31. The number of hydrogen-bond donors (Lipinski definition) is 1. The normalized spacial score (nSPS) is 20.8. The van der Waals surface area contributed by atoms with E-state index in [1.54, 1.807) is 24.0 Å². The van der Waals surface area contributed by atoms with Gasteiger partial charge in [0, 0.05) is 31.9 Å². The molecule has 0 aliphatic carbocycles. The van der Waals surface area contributed by atoms with Crippen molar-refractivity contribution in [3.63, 3.8) is 0 Å². The van der Waals surface area contributed by atoms with Crippen molar-refractivity contribution in [1.29, 1.82) is 0 Å². The van der Waals surface area contributed by atoms with Gasteiger partial charge < -0.3 is 15.0 Å². The summed E-state index contributed by atoms with van der Waals surface area (Å²) in [5.41, 5.74) is 0.540. The summed E-state index contributed by atoms with van der Waals surface area (Å²) in [5, 5.41) is 2.83. The predicted octanol–water partition coefficient (Wildman–Crippen LogP) is 2.28. The molecule has 1 atom stereocenters. The number of carbonyl (C=O) groups is 2. The van der Waals surface area contributed by atoms with Gasteiger partial charge in [0.15, 0.2) is 0 Å². The molecule has 2 heterocycles. The molecule has 9 heteroatoms. The second kappa shape index (κ2) is 8.91. The monoisotopic (exact) mass is 409 g/mol. The number of anilines is 1. The van der Waals surface area contributed by atoms with Crippen LogP contribution in [0.1, 0.15) is 32.6 Å². The number of hydrogen-bond acceptors (Lipinski definition) is 5. The van der Waals surface area contributed by atoms with Crippen LogP contribution in [0.5, 0.6) is 0 Å². The summed E-state index contributed by atoms with van der Waals surface area (Å²) in [7, 11) is -3.46. The standard InChI is InChI=1S/C19H27N3O5S/c1-2-27-19(24)21-11-5-6-15(14-21)18(23)20-16-7-9-17(10-8-16)28(25,26)22-12-3-4-13-22/h7-10,15H,2-6,11-14H2,1H3,(H,20,23)/t15-/m1/s1. The second-order valence-corrected chi connectivity index (χ2v) is 9.05. The molecule has 8 nitrogen and oxygen atoms in total. The summed E-state index contributed by atoms with van der Waals surface area (Å²) in [6.07, 6.45) is 2.82. The van der Waals surface area contributed by atoms with E-state index >= 15 is 0 Å². The minimum absolute atomic E-state index is 0.177. The highest BCUT2D eigenvalue weighted by molar-refractivity contribution is 7.89. The van der Waals surface area contributed by atoms with Gasteiger partial charge in [0.25, 0.3) is 0 Å². The highest BCUT2D eigenvalue weighted by Gasteiger charge is 2.30. The first-order chi connectivity index (χ1) is 13.4. The number of likely N-dealkylation sites (tertiary alicyclic amines) is 1. The van der Waals surface area contributed by atoms with E-state index in [1.165, 1.54) is 16.4 Å². The van der Waals surface area contributed by atoms with Crippen molar-refractivity contribution >= 4 is 27.7 Å². The minimum atomic E-state index is -3.46. The smallest absolute Gasteiger partial charge is 0.409 e. The Morgan fingerprint density at radius 1 is 1.11 bits per heavy atom. The van der Waals surface area contributed by atoms with E-state index in [0.717, 1.165) is 19.3 Å². The molecule has 0 radical (unpaired) electrons. The SMILES string of the molecule is CCOC(=O)N1CCC[C@@H](C(=O)Nc2ccc(S(=O)(=O)N3CCCC3)cc2)C1. The van der Waals surface area contributed by atoms with Crippen LogP contribution in [0.15, 0.2) is 29.2 Å². The maximum Gasteiger partial charge on any atom is 0.409 e. The van der Waals surface area contributed by atoms with Crippen molar-refractivity contribution in [3.8, 4) is 0 Å². The van der Waals surface area contributed by atoms with Crippen molar-refractivity contribution in [3.05, 3.63) is 24.3 Å². The first-order valence-electron chi connectivity index (χ1n) is 9.74. The van der Waals surface area contributed by atoms with Gasteiger partial charge in [-0.05, 0) is 56.9 Å². The zero-order valence-electron chi connectivity index (χ0n) is 16.1. The maximum absolute atomic E-state index is 12.6. The number of sulfonamides is 1. The van der Waals surface area contributed by atoms with E-state index in [-0.39, 0.29) is 16.7 Å². The van der Waals surface area contributed by atoms with E-state index in [9.17, 15) is 18.0 Å². The molecule has 0 spiro atoms. The van der Waals surface area contributed by atoms with Crippen LogP contribution in [0.3, 0.4) is 0 Å². The quantitative estimate of drug-likeness (QED) is 0.805. The van der Waals surface area contributed by atoms with Gasteiger partial charge in [-0.1, -0.05) is 0 Å². The summed E-state index contributed by atoms with van der Waals surface area (Å²) in [4.78, 5) is 26.2. The number of nitrogens with one attached hydrogen (secondary N) is 1. The molecule has 154 valence electrons. The molecule has 0 aromatic heterocycles. The van der Waals surface area contributed by atoms with Gasteiger partial charge in [0.05, 0.1) is 17.4 Å². The topological polar surface area (TPSA) is 96.0 Å². The molecule has 1 N–H and O–H groups in total. The van der Waals surface area contributed by atoms with E-state index in [1.807, 2.05) is 0 Å². The van der Waals surface area contributed by atoms with Crippen LogP contribution in [0.4, 0.5) is 10.5 Å². The number of amides is 2. The van der Waals surface area contributed by atoms with Gasteiger partial charge in [-0.15, -0.1) is 0 Å². The third kappa shape index (κ3) is 4.64. The molecular weight excluding hydrogens is 382 g/mol. The Balaban J connectivity index is 1.60. The number of benzene rings is 1. The van der Waals surface area contributed by atoms with Crippen LogP contribution in [-0.4, -0.2) is 62.4 Å². The molecule has 3 rings (SSSR count). The van der Waals surface area contributed by atoms with Crippen LogP contribution in [0, 0.1) is 5.92 Å². The van der Waals surface area contributed by atoms with Gasteiger partial charge in [-0.2, -0.15) is 4.31 Å². The van der Waals surface area contributed by atoms with E-state index in [0.29, 0.717) is 44.9 Å². The number of ether oxygens (including phenoxy) is 1. The third-order valence-electron chi connectivity index (χ3n) is 5.14. The van der Waals surface area contributed by atoms with Crippen molar-refractivity contribution < 1.29 is 22.7 Å². The lowest BCUT2D eigenvalue weighted by atomic mass is 9.97. The molecule has 1 aromatic carbocycles. The van der Waals surface area contributed by atoms with Gasteiger partial charge in [-0.3, -0.25) is 4.79 Å². The van der Waals surface area contributed by atoms with E-state index < -0.39 is 16.1 Å². The predicted molar refractivity (Wildman–Crippen MR) is 104 cm³/mol. The average Bonchev–Trinajstić information content (AvgIpc) is 3.24. The first-order valence-corrected chi connectivity index (χ1v) is 11.2. The Bertz CT molecular complexity index is 803. The Kier molecular flexibility index (Phi) is 6.56. The van der Waals surface area contributed by atoms with Crippen molar-refractivity contribution in [2.75, 3.05) is 38.1 Å². The minimum Gasteiger partial charge on any atom is -0.450 e. The van der Waals surface area contributed by atoms with E-state index in [2.05, 4.69) is 5.32 Å². The summed E-state index contributed by atoms with van der Waals surface area (Å²) in [6.45, 7) is 4.08. The fourth-order valence-corrected chi connectivity index (χ4v) is 5.12. The summed E-state index contributed by atoms with van der Waals surface area (Å²) < 4.78 is 31.6. The Hall–Kier alpha value is -2.13. The van der Waals surface area contributed by atoms with Crippen molar-refractivity contribution in [1.82, 2.24) is 9.21 Å². The largest absolute Gasteiger partial charge is 0.450 e. The molecule has 1 aromatic rings. The van der Waals surface area contributed by atoms with Crippen LogP contribution in [-0.2, 0) is 19.6 Å². The number of piperidine rings is 1. The molecule has 2 saturated heterocycles. The maximum atomic E-state index is 12.6. The fraction of sp³-hybridized carbons (Fsp3) is 0.579. The number of carbonyl (C=O) groups excluding carboxylic acids is 2. The molecule has 0 saturated carbocycles. The van der Waals surface area contributed by atoms with E-state index in [4.69, 9.17) is 4.74 Å². The lowest BCUT2D eigenvalue weighted by molar-refractivity contribution is -0.121. The number of nitrogens with zero attached hydrogens (tertiary/aromatic N) is 2. The van der Waals surface area contributed by atoms with Crippen LogP contribution >= 0.6 is 0 Å². The zero-order chi connectivity index (χ0) is 20.1. The Labute approximate surface area is 165 Å². The molecule has 0 bridgehead atoms. The molecular formula is C19H27N3O5S. The van der Waals surface area contributed by atoms with Crippen LogP contribution in [0.25, 0.3) is 0 Å². The summed E-state index contributed by atoms with van der Waals surface area (Å²) >= 11 is 0. The Morgan fingerprint density at radius 2 is 1.79 bits per heavy atom. The average molecular weight is 410 g/mol. The fourth-order valence-electron chi connectivity index (χ4n) is 3.60. The zero-order valence-corrected chi connectivity index (χ0v) is 16.9. The van der Waals surface area contributed by atoms with Crippen molar-refractivity contribution in [2.45, 2.75) is 37.5 Å². The highest BCUT2D eigenvalue weighted by Crippen LogP contribution is 2.23. The molecule has 2 fully saturated rings. The van der Waals surface area contributed by atoms with Gasteiger partial charge in [0.2, 0.25) is 15.9 Å². The van der Waals surface area contributed by atoms with Gasteiger partial charge in [0.1, 0.15) is 0 Å². The highest BCUT2D eigenvalue weighted by atomic mass is 32.2. The Morgan fingerprint density at radius 3 is 2.43 bits per heavy atom. The molecule has 28 heavy (non-hydrogen) atoms. The second-order valence-electron chi connectivity index (χ2n) is 7.11. The van der Waals surface area contributed by atoms with Crippen LogP contribution < -0.4 is 5.32 Å².